The zero-order valence-corrected chi connectivity index (χ0v) is 11.8. The van der Waals surface area contributed by atoms with Gasteiger partial charge >= 0.3 is 0 Å². The molecule has 0 fully saturated rings. The highest BCUT2D eigenvalue weighted by molar-refractivity contribution is 7.80. The fourth-order valence-electron chi connectivity index (χ4n) is 1.17. The lowest BCUT2D eigenvalue weighted by molar-refractivity contribution is 0.235. The summed E-state index contributed by atoms with van der Waals surface area (Å²) < 4.78 is 10.6. The Balaban J connectivity index is 2.72. The van der Waals surface area contributed by atoms with E-state index in [-0.39, 0.29) is 12.7 Å². The van der Waals surface area contributed by atoms with Crippen molar-refractivity contribution in [3.63, 3.8) is 0 Å². The molecule has 1 aromatic carbocycles. The van der Waals surface area contributed by atoms with Crippen LogP contribution in [0.3, 0.4) is 0 Å². The SMILES string of the molecule is C#CCOc1cc(NC(=S)OC(C)C)ccc1Cl. The Hall–Kier alpha value is -1.44. The summed E-state index contributed by atoms with van der Waals surface area (Å²) in [5.41, 5.74) is 0.733. The highest BCUT2D eigenvalue weighted by Crippen LogP contribution is 2.27. The molecule has 3 nitrogen and oxygen atoms in total. The van der Waals surface area contributed by atoms with Crippen molar-refractivity contribution in [2.45, 2.75) is 20.0 Å². The molecule has 0 unspecified atom stereocenters. The van der Waals surface area contributed by atoms with Gasteiger partial charge in [0, 0.05) is 11.8 Å². The maximum absolute atomic E-state index is 5.97. The second kappa shape index (κ2) is 7.10. The number of hydrogen-bond donors (Lipinski definition) is 1. The second-order valence-electron chi connectivity index (χ2n) is 3.72. The molecule has 0 aliphatic rings. The van der Waals surface area contributed by atoms with E-state index >= 15 is 0 Å². The van der Waals surface area contributed by atoms with Crippen molar-refractivity contribution >= 4 is 34.7 Å². The molecule has 0 aliphatic heterocycles. The first kappa shape index (κ1) is 14.6. The number of hydrogen-bond acceptors (Lipinski definition) is 3. The zero-order chi connectivity index (χ0) is 13.5. The first-order chi connectivity index (χ1) is 8.52. The van der Waals surface area contributed by atoms with Gasteiger partial charge in [-0.05, 0) is 38.2 Å². The van der Waals surface area contributed by atoms with E-state index in [9.17, 15) is 0 Å². The molecule has 1 N–H and O–H groups in total. The topological polar surface area (TPSA) is 30.5 Å². The fourth-order valence-corrected chi connectivity index (χ4v) is 1.65. The lowest BCUT2D eigenvalue weighted by atomic mass is 10.3. The van der Waals surface area contributed by atoms with E-state index in [2.05, 4.69) is 11.2 Å². The van der Waals surface area contributed by atoms with Gasteiger partial charge in [0.05, 0.1) is 11.1 Å². The third kappa shape index (κ3) is 4.82. The second-order valence-corrected chi connectivity index (χ2v) is 4.50. The van der Waals surface area contributed by atoms with Gasteiger partial charge < -0.3 is 14.8 Å². The van der Waals surface area contributed by atoms with E-state index in [1.165, 1.54) is 0 Å². The van der Waals surface area contributed by atoms with E-state index < -0.39 is 0 Å². The minimum absolute atomic E-state index is 0.0226. The Bertz CT molecular complexity index is 469. The van der Waals surface area contributed by atoms with Crippen molar-refractivity contribution in [2.75, 3.05) is 11.9 Å². The predicted molar refractivity (Wildman–Crippen MR) is 78.2 cm³/mol. The van der Waals surface area contributed by atoms with Crippen molar-refractivity contribution in [1.82, 2.24) is 0 Å². The molecule has 0 amide bonds. The number of nitrogens with one attached hydrogen (secondary N) is 1. The lowest BCUT2D eigenvalue weighted by Crippen LogP contribution is -2.17. The number of thiocarbonyl (C=S) groups is 1. The van der Waals surface area contributed by atoms with E-state index in [4.69, 9.17) is 39.7 Å². The van der Waals surface area contributed by atoms with Crippen molar-refractivity contribution in [2.24, 2.45) is 0 Å². The monoisotopic (exact) mass is 283 g/mol. The van der Waals surface area contributed by atoms with Crippen LogP contribution in [0.1, 0.15) is 13.8 Å². The summed E-state index contributed by atoms with van der Waals surface area (Å²) in [4.78, 5) is 0. The van der Waals surface area contributed by atoms with Gasteiger partial charge in [0.2, 0.25) is 0 Å². The molecule has 0 bridgehead atoms. The van der Waals surface area contributed by atoms with Crippen LogP contribution >= 0.6 is 23.8 Å². The summed E-state index contributed by atoms with van der Waals surface area (Å²) in [6, 6.07) is 5.20. The molecule has 1 aromatic rings. The number of anilines is 1. The third-order valence-electron chi connectivity index (χ3n) is 1.83. The molecule has 0 saturated heterocycles. The Labute approximate surface area is 117 Å². The van der Waals surface area contributed by atoms with Crippen LogP contribution in [-0.2, 0) is 4.74 Å². The molecular weight excluding hydrogens is 270 g/mol. The van der Waals surface area contributed by atoms with Gasteiger partial charge in [-0.1, -0.05) is 17.5 Å². The molecular formula is C13H14ClNO2S. The van der Waals surface area contributed by atoms with Crippen molar-refractivity contribution in [3.05, 3.63) is 23.2 Å². The lowest BCUT2D eigenvalue weighted by Gasteiger charge is -2.13. The summed E-state index contributed by atoms with van der Waals surface area (Å²) in [7, 11) is 0. The van der Waals surface area contributed by atoms with Crippen molar-refractivity contribution in [1.29, 1.82) is 0 Å². The van der Waals surface area contributed by atoms with Gasteiger partial charge in [0.1, 0.15) is 12.4 Å². The quantitative estimate of drug-likeness (QED) is 0.677. The van der Waals surface area contributed by atoms with E-state index in [1.54, 1.807) is 18.2 Å². The van der Waals surface area contributed by atoms with Gasteiger partial charge in [0.25, 0.3) is 5.17 Å². The standard InChI is InChI=1S/C13H14ClNO2S/c1-4-7-16-12-8-10(5-6-11(12)14)15-13(18)17-9(2)3/h1,5-6,8-9H,7H2,2-3H3,(H,15,18). The summed E-state index contributed by atoms with van der Waals surface area (Å²) in [6.07, 6.45) is 5.15. The number of ether oxygens (including phenoxy) is 2. The maximum Gasteiger partial charge on any atom is 0.261 e. The van der Waals surface area contributed by atoms with Crippen LogP contribution in [0.25, 0.3) is 0 Å². The van der Waals surface area contributed by atoms with Gasteiger partial charge in [-0.2, -0.15) is 0 Å². The van der Waals surface area contributed by atoms with Crippen LogP contribution in [0.4, 0.5) is 5.69 Å². The number of rotatable bonds is 4. The minimum atomic E-state index is 0.0226. The largest absolute Gasteiger partial charge is 0.479 e. The smallest absolute Gasteiger partial charge is 0.261 e. The molecule has 0 aromatic heterocycles. The predicted octanol–water partition coefficient (Wildman–Crippen LogP) is 3.47. The summed E-state index contributed by atoms with van der Waals surface area (Å²) >= 11 is 11.0. The zero-order valence-electron chi connectivity index (χ0n) is 10.2. The molecule has 0 heterocycles. The summed E-state index contributed by atoms with van der Waals surface area (Å²) in [5.74, 6) is 2.88. The van der Waals surface area contributed by atoms with Crippen LogP contribution in [-0.4, -0.2) is 17.9 Å². The number of benzene rings is 1. The highest BCUT2D eigenvalue weighted by Gasteiger charge is 2.06. The van der Waals surface area contributed by atoms with Crippen LogP contribution < -0.4 is 10.1 Å². The first-order valence-corrected chi connectivity index (χ1v) is 6.15. The van der Waals surface area contributed by atoms with Gasteiger partial charge in [-0.15, -0.1) is 6.42 Å². The highest BCUT2D eigenvalue weighted by atomic mass is 35.5. The van der Waals surface area contributed by atoms with Crippen LogP contribution in [0.5, 0.6) is 5.75 Å². The third-order valence-corrected chi connectivity index (χ3v) is 2.34. The Morgan fingerprint density at radius 2 is 2.28 bits per heavy atom. The van der Waals surface area contributed by atoms with Crippen LogP contribution in [0, 0.1) is 12.3 Å². The molecule has 0 spiro atoms. The van der Waals surface area contributed by atoms with E-state index in [1.807, 2.05) is 13.8 Å². The van der Waals surface area contributed by atoms with Crippen LogP contribution in [0.15, 0.2) is 18.2 Å². The van der Waals surface area contributed by atoms with Gasteiger partial charge in [0.15, 0.2) is 0 Å². The molecule has 96 valence electrons. The normalized spacial score (nSPS) is 9.72. The molecule has 18 heavy (non-hydrogen) atoms. The van der Waals surface area contributed by atoms with Crippen molar-refractivity contribution < 1.29 is 9.47 Å². The Morgan fingerprint density at radius 1 is 1.56 bits per heavy atom. The number of terminal acetylenes is 1. The van der Waals surface area contributed by atoms with E-state index in [0.717, 1.165) is 5.69 Å². The summed E-state index contributed by atoms with van der Waals surface area (Å²) in [6.45, 7) is 3.96. The summed E-state index contributed by atoms with van der Waals surface area (Å²) in [5, 5.41) is 3.73. The molecule has 5 heteroatoms. The van der Waals surface area contributed by atoms with E-state index in [0.29, 0.717) is 15.9 Å². The van der Waals surface area contributed by atoms with Crippen LogP contribution in [0.2, 0.25) is 5.02 Å². The fraction of sp³-hybridized carbons (Fsp3) is 0.308. The molecule has 1 rings (SSSR count). The molecule has 0 saturated carbocycles. The Kier molecular flexibility index (Phi) is 5.76. The molecule has 0 atom stereocenters. The average Bonchev–Trinajstić information content (AvgIpc) is 2.28. The molecule has 0 aliphatic carbocycles. The minimum Gasteiger partial charge on any atom is -0.479 e. The Morgan fingerprint density at radius 3 is 2.89 bits per heavy atom. The van der Waals surface area contributed by atoms with Crippen molar-refractivity contribution in [3.8, 4) is 18.1 Å². The number of halogens is 1. The van der Waals surface area contributed by atoms with Gasteiger partial charge in [-0.25, -0.2) is 0 Å². The first-order valence-electron chi connectivity index (χ1n) is 5.36. The van der Waals surface area contributed by atoms with Gasteiger partial charge in [-0.3, -0.25) is 0 Å². The maximum atomic E-state index is 5.97. The average molecular weight is 284 g/mol. The molecule has 0 radical (unpaired) electrons.